The van der Waals surface area contributed by atoms with E-state index in [1.165, 1.54) is 37.9 Å². The van der Waals surface area contributed by atoms with E-state index in [1.54, 1.807) is 0 Å². The molecule has 3 heteroatoms. The third-order valence-electron chi connectivity index (χ3n) is 4.38. The molecule has 1 aliphatic rings. The van der Waals surface area contributed by atoms with Crippen LogP contribution in [-0.2, 0) is 0 Å². The first kappa shape index (κ1) is 14.3. The van der Waals surface area contributed by atoms with E-state index in [0.29, 0.717) is 0 Å². The molecule has 2 rings (SSSR count). The van der Waals surface area contributed by atoms with E-state index in [2.05, 4.69) is 35.9 Å². The average Bonchev–Trinajstić information content (AvgIpc) is 2.72. The maximum atomic E-state index is 6.01. The van der Waals surface area contributed by atoms with Crippen molar-refractivity contribution < 1.29 is 0 Å². The first-order valence-corrected chi connectivity index (χ1v) is 7.71. The topological polar surface area (TPSA) is 42.1 Å². The van der Waals surface area contributed by atoms with Gasteiger partial charge < -0.3 is 10.6 Å². The van der Waals surface area contributed by atoms with E-state index in [1.807, 2.05) is 6.20 Å². The van der Waals surface area contributed by atoms with E-state index in [-0.39, 0.29) is 6.04 Å². The molecule has 2 atom stereocenters. The average molecular weight is 261 g/mol. The molecule has 1 aliphatic heterocycles. The van der Waals surface area contributed by atoms with Crippen LogP contribution in [0.2, 0.25) is 0 Å². The lowest BCUT2D eigenvalue weighted by atomic mass is 9.98. The zero-order chi connectivity index (χ0) is 13.7. The van der Waals surface area contributed by atoms with Crippen molar-refractivity contribution in [2.75, 3.05) is 18.0 Å². The van der Waals surface area contributed by atoms with Crippen molar-refractivity contribution in [3.8, 4) is 0 Å². The van der Waals surface area contributed by atoms with Crippen LogP contribution in [0, 0.1) is 5.92 Å². The Morgan fingerprint density at radius 1 is 1.32 bits per heavy atom. The number of anilines is 1. The van der Waals surface area contributed by atoms with Crippen molar-refractivity contribution in [2.45, 2.75) is 52.0 Å². The van der Waals surface area contributed by atoms with E-state index in [9.17, 15) is 0 Å². The smallest absolute Gasteiger partial charge is 0.0572 e. The van der Waals surface area contributed by atoms with Crippen molar-refractivity contribution >= 4 is 5.69 Å². The summed E-state index contributed by atoms with van der Waals surface area (Å²) >= 11 is 0. The van der Waals surface area contributed by atoms with Crippen LogP contribution in [0.15, 0.2) is 18.3 Å². The molecule has 0 bridgehead atoms. The fourth-order valence-corrected chi connectivity index (χ4v) is 2.84. The molecule has 1 aromatic rings. The molecule has 106 valence electrons. The zero-order valence-corrected chi connectivity index (χ0v) is 12.3. The van der Waals surface area contributed by atoms with Gasteiger partial charge in [-0.15, -0.1) is 0 Å². The summed E-state index contributed by atoms with van der Waals surface area (Å²) in [5.41, 5.74) is 8.27. The highest BCUT2D eigenvalue weighted by atomic mass is 15.1. The van der Waals surface area contributed by atoms with Crippen molar-refractivity contribution in [1.29, 1.82) is 0 Å². The maximum absolute atomic E-state index is 6.01. The number of rotatable bonds is 4. The first-order valence-electron chi connectivity index (χ1n) is 7.71. The minimum absolute atomic E-state index is 0.0719. The van der Waals surface area contributed by atoms with Crippen molar-refractivity contribution in [3.05, 3.63) is 24.0 Å². The summed E-state index contributed by atoms with van der Waals surface area (Å²) < 4.78 is 0. The molecule has 1 saturated heterocycles. The van der Waals surface area contributed by atoms with Gasteiger partial charge in [0.1, 0.15) is 0 Å². The van der Waals surface area contributed by atoms with Crippen molar-refractivity contribution in [2.24, 2.45) is 11.7 Å². The summed E-state index contributed by atoms with van der Waals surface area (Å²) in [6.45, 7) is 6.74. The Morgan fingerprint density at radius 3 is 2.79 bits per heavy atom. The van der Waals surface area contributed by atoms with Gasteiger partial charge in [-0.25, -0.2) is 0 Å². The van der Waals surface area contributed by atoms with Crippen molar-refractivity contribution in [3.63, 3.8) is 0 Å². The van der Waals surface area contributed by atoms with Crippen LogP contribution in [0.4, 0.5) is 5.69 Å². The molecule has 1 aromatic heterocycles. The maximum Gasteiger partial charge on any atom is 0.0572 e. The second-order valence-electron chi connectivity index (χ2n) is 5.65. The van der Waals surface area contributed by atoms with Crippen LogP contribution in [-0.4, -0.2) is 18.1 Å². The van der Waals surface area contributed by atoms with Gasteiger partial charge in [0.2, 0.25) is 0 Å². The third-order valence-corrected chi connectivity index (χ3v) is 4.38. The summed E-state index contributed by atoms with van der Waals surface area (Å²) in [4.78, 5) is 7.00. The number of aromatic nitrogens is 1. The van der Waals surface area contributed by atoms with Crippen LogP contribution in [0.1, 0.15) is 57.7 Å². The standard InChI is InChI=1S/C16H27N3/c1-3-13-6-5-10-19(11-9-13)14-7-8-16(18-12-14)15(17)4-2/h7-8,12-13,15H,3-6,9-11,17H2,1-2H3/t13?,15-/m0/s1. The second-order valence-corrected chi connectivity index (χ2v) is 5.65. The number of nitrogens with two attached hydrogens (primary N) is 1. The van der Waals surface area contributed by atoms with Crippen LogP contribution in [0.25, 0.3) is 0 Å². The monoisotopic (exact) mass is 261 g/mol. The Labute approximate surface area is 117 Å². The van der Waals surface area contributed by atoms with Gasteiger partial charge in [0.25, 0.3) is 0 Å². The summed E-state index contributed by atoms with van der Waals surface area (Å²) in [7, 11) is 0. The predicted octanol–water partition coefficient (Wildman–Crippen LogP) is 3.51. The Morgan fingerprint density at radius 2 is 2.16 bits per heavy atom. The SMILES string of the molecule is CCC1CCCN(c2ccc([C@@H](N)CC)nc2)CC1. The minimum Gasteiger partial charge on any atom is -0.370 e. The Bertz CT molecular complexity index is 374. The molecule has 0 radical (unpaired) electrons. The lowest BCUT2D eigenvalue weighted by Crippen LogP contribution is -2.24. The molecule has 2 N–H and O–H groups in total. The molecule has 1 unspecified atom stereocenters. The summed E-state index contributed by atoms with van der Waals surface area (Å²) in [5.74, 6) is 0.908. The van der Waals surface area contributed by atoms with Gasteiger partial charge in [-0.2, -0.15) is 0 Å². The largest absolute Gasteiger partial charge is 0.370 e. The van der Waals surface area contributed by atoms with Crippen LogP contribution >= 0.6 is 0 Å². The Kier molecular flexibility index (Phi) is 5.20. The van der Waals surface area contributed by atoms with Crippen LogP contribution in [0.3, 0.4) is 0 Å². The third kappa shape index (κ3) is 3.69. The van der Waals surface area contributed by atoms with E-state index >= 15 is 0 Å². The molecule has 0 spiro atoms. The fraction of sp³-hybridized carbons (Fsp3) is 0.688. The van der Waals surface area contributed by atoms with E-state index in [4.69, 9.17) is 5.73 Å². The van der Waals surface area contributed by atoms with Gasteiger partial charge in [0.15, 0.2) is 0 Å². The number of hydrogen-bond donors (Lipinski definition) is 1. The van der Waals surface area contributed by atoms with Crippen molar-refractivity contribution in [1.82, 2.24) is 4.98 Å². The summed E-state index contributed by atoms with van der Waals surface area (Å²) in [5, 5.41) is 0. The van der Waals surface area contributed by atoms with Crippen LogP contribution in [0.5, 0.6) is 0 Å². The molecule has 1 fully saturated rings. The number of hydrogen-bond acceptors (Lipinski definition) is 3. The lowest BCUT2D eigenvalue weighted by Gasteiger charge is -2.23. The highest BCUT2D eigenvalue weighted by molar-refractivity contribution is 5.44. The highest BCUT2D eigenvalue weighted by Crippen LogP contribution is 2.24. The number of pyridine rings is 1. The molecule has 0 aliphatic carbocycles. The fourth-order valence-electron chi connectivity index (χ4n) is 2.84. The lowest BCUT2D eigenvalue weighted by molar-refractivity contribution is 0.459. The molecule has 0 saturated carbocycles. The van der Waals surface area contributed by atoms with Gasteiger partial charge in [0, 0.05) is 19.1 Å². The molecular formula is C16H27N3. The molecule has 19 heavy (non-hydrogen) atoms. The first-order chi connectivity index (χ1) is 9.24. The van der Waals surface area contributed by atoms with Gasteiger partial charge in [-0.1, -0.05) is 20.3 Å². The summed E-state index contributed by atoms with van der Waals surface area (Å²) in [6.07, 6.45) is 8.24. The van der Waals surface area contributed by atoms with E-state index < -0.39 is 0 Å². The van der Waals surface area contributed by atoms with Gasteiger partial charge in [-0.3, -0.25) is 4.98 Å². The summed E-state index contributed by atoms with van der Waals surface area (Å²) in [6, 6.07) is 4.35. The minimum atomic E-state index is 0.0719. The Balaban J connectivity index is 2.01. The second kappa shape index (κ2) is 6.90. The van der Waals surface area contributed by atoms with Gasteiger partial charge in [0.05, 0.1) is 17.6 Å². The Hall–Kier alpha value is -1.09. The quantitative estimate of drug-likeness (QED) is 0.902. The molecule has 3 nitrogen and oxygen atoms in total. The highest BCUT2D eigenvalue weighted by Gasteiger charge is 2.16. The predicted molar refractivity (Wildman–Crippen MR) is 81.3 cm³/mol. The van der Waals surface area contributed by atoms with Gasteiger partial charge >= 0.3 is 0 Å². The zero-order valence-electron chi connectivity index (χ0n) is 12.3. The van der Waals surface area contributed by atoms with Crippen LogP contribution < -0.4 is 10.6 Å². The van der Waals surface area contributed by atoms with E-state index in [0.717, 1.165) is 24.6 Å². The van der Waals surface area contributed by atoms with Gasteiger partial charge in [-0.05, 0) is 43.7 Å². The molecule has 0 aromatic carbocycles. The molecule has 0 amide bonds. The molecular weight excluding hydrogens is 234 g/mol. The molecule has 2 heterocycles. The normalized spacial score (nSPS) is 22.1. The number of nitrogens with zero attached hydrogens (tertiary/aromatic N) is 2.